The minimum absolute atomic E-state index is 0.0220. The van der Waals surface area contributed by atoms with Crippen molar-refractivity contribution in [2.45, 2.75) is 90.0 Å². The largest absolute Gasteiger partial charge is 0.466 e. The molecule has 298 valence electrons. The van der Waals surface area contributed by atoms with Crippen molar-refractivity contribution in [3.05, 3.63) is 154 Å². The van der Waals surface area contributed by atoms with Gasteiger partial charge >= 0.3 is 17.9 Å². The molecular formula is C46H49FN2O8. The van der Waals surface area contributed by atoms with Gasteiger partial charge in [-0.3, -0.25) is 4.79 Å². The molecule has 1 fully saturated rings. The predicted molar refractivity (Wildman–Crippen MR) is 212 cm³/mol. The summed E-state index contributed by atoms with van der Waals surface area (Å²) >= 11 is 0. The highest BCUT2D eigenvalue weighted by Crippen LogP contribution is 2.35. The van der Waals surface area contributed by atoms with E-state index in [1.165, 1.54) is 0 Å². The van der Waals surface area contributed by atoms with Gasteiger partial charge in [0.05, 0.1) is 36.4 Å². The summed E-state index contributed by atoms with van der Waals surface area (Å²) in [5.41, 5.74) is 5.37. The number of ether oxygens (including phenoxy) is 5. The lowest BCUT2D eigenvalue weighted by atomic mass is 9.98. The molecule has 0 radical (unpaired) electrons. The summed E-state index contributed by atoms with van der Waals surface area (Å²) in [6.07, 6.45) is -3.36. The Morgan fingerprint density at radius 1 is 0.807 bits per heavy atom. The number of aromatic nitrogens is 2. The van der Waals surface area contributed by atoms with Crippen LogP contribution >= 0.6 is 0 Å². The summed E-state index contributed by atoms with van der Waals surface area (Å²) in [5.74, 6) is -1.06. The summed E-state index contributed by atoms with van der Waals surface area (Å²) in [6, 6.07) is 34.9. The normalized spacial score (nSPS) is 17.8. The Morgan fingerprint density at radius 3 is 2.05 bits per heavy atom. The van der Waals surface area contributed by atoms with Crippen LogP contribution in [-0.2, 0) is 43.1 Å². The second-order valence-corrected chi connectivity index (χ2v) is 14.3. The van der Waals surface area contributed by atoms with Crippen LogP contribution in [0.3, 0.4) is 0 Å². The topological polar surface area (TPSA) is 115 Å². The molecule has 11 heteroatoms. The number of nitrogens with zero attached hydrogens (tertiary/aromatic N) is 2. The molecule has 0 unspecified atom stereocenters. The minimum Gasteiger partial charge on any atom is -0.466 e. The number of aryl methyl sites for hydroxylation is 1. The van der Waals surface area contributed by atoms with E-state index in [2.05, 4.69) is 38.1 Å². The van der Waals surface area contributed by atoms with Gasteiger partial charge < -0.3 is 23.7 Å². The van der Waals surface area contributed by atoms with Crippen molar-refractivity contribution in [2.75, 3.05) is 13.2 Å². The molecule has 10 nitrogen and oxygen atoms in total. The third-order valence-corrected chi connectivity index (χ3v) is 9.67. The summed E-state index contributed by atoms with van der Waals surface area (Å²) in [4.78, 5) is 37.9. The van der Waals surface area contributed by atoms with Gasteiger partial charge in [-0.1, -0.05) is 105 Å². The number of carbonyl (C=O) groups is 3. The number of alkyl halides is 1. The number of halogens is 1. The first-order valence-corrected chi connectivity index (χ1v) is 19.5. The van der Waals surface area contributed by atoms with E-state index < -0.39 is 43.2 Å². The van der Waals surface area contributed by atoms with E-state index in [1.807, 2.05) is 30.3 Å². The van der Waals surface area contributed by atoms with Crippen LogP contribution in [0.1, 0.15) is 94.6 Å². The fraction of sp³-hybridized carbons (Fsp3) is 0.348. The van der Waals surface area contributed by atoms with Gasteiger partial charge in [0.15, 0.2) is 6.17 Å². The number of carbonyl (C=O) groups excluding carboxylic acids is 3. The van der Waals surface area contributed by atoms with Gasteiger partial charge in [-0.15, -0.1) is 0 Å². The van der Waals surface area contributed by atoms with E-state index in [1.54, 1.807) is 72.3 Å². The van der Waals surface area contributed by atoms with Crippen LogP contribution in [0.4, 0.5) is 4.39 Å². The van der Waals surface area contributed by atoms with Crippen LogP contribution in [-0.4, -0.2) is 65.6 Å². The maximum atomic E-state index is 16.3. The lowest BCUT2D eigenvalue weighted by Gasteiger charge is -2.37. The van der Waals surface area contributed by atoms with Crippen molar-refractivity contribution in [3.63, 3.8) is 0 Å². The third kappa shape index (κ3) is 11.2. The van der Waals surface area contributed by atoms with Gasteiger partial charge in [-0.05, 0) is 66.6 Å². The first-order chi connectivity index (χ1) is 27.7. The summed E-state index contributed by atoms with van der Waals surface area (Å²) in [6.45, 7) is 6.25. The van der Waals surface area contributed by atoms with E-state index in [0.717, 1.165) is 34.4 Å². The smallest absolute Gasteiger partial charge is 0.338 e. The zero-order valence-electron chi connectivity index (χ0n) is 32.6. The van der Waals surface area contributed by atoms with Gasteiger partial charge in [-0.2, -0.15) is 5.10 Å². The zero-order valence-corrected chi connectivity index (χ0v) is 32.6. The molecule has 57 heavy (non-hydrogen) atoms. The molecule has 4 atom stereocenters. The van der Waals surface area contributed by atoms with Crippen molar-refractivity contribution in [1.82, 2.24) is 9.78 Å². The van der Waals surface area contributed by atoms with Crippen LogP contribution in [0.25, 0.3) is 0 Å². The van der Waals surface area contributed by atoms with Crippen LogP contribution in [0.15, 0.2) is 115 Å². The van der Waals surface area contributed by atoms with Crippen LogP contribution in [0.2, 0.25) is 0 Å². The lowest BCUT2D eigenvalue weighted by molar-refractivity contribution is -0.216. The molecule has 0 spiro atoms. The molecule has 1 aromatic heterocycles. The second kappa shape index (κ2) is 19.9. The Hall–Kier alpha value is -5.81. The number of rotatable bonds is 17. The first kappa shape index (κ1) is 40.8. The maximum absolute atomic E-state index is 16.3. The van der Waals surface area contributed by atoms with Crippen molar-refractivity contribution < 1.29 is 42.5 Å². The zero-order chi connectivity index (χ0) is 40.1. The maximum Gasteiger partial charge on any atom is 0.338 e. The average Bonchev–Trinajstić information content (AvgIpc) is 3.55. The molecule has 1 aliphatic heterocycles. The molecule has 0 saturated carbocycles. The molecule has 0 N–H and O–H groups in total. The van der Waals surface area contributed by atoms with E-state index in [9.17, 15) is 14.4 Å². The molecule has 4 aromatic carbocycles. The minimum atomic E-state index is -1.82. The number of esters is 3. The average molecular weight is 777 g/mol. The highest BCUT2D eigenvalue weighted by atomic mass is 19.1. The highest BCUT2D eigenvalue weighted by molar-refractivity contribution is 5.90. The van der Waals surface area contributed by atoms with E-state index in [-0.39, 0.29) is 23.9 Å². The first-order valence-electron chi connectivity index (χ1n) is 19.5. The monoisotopic (exact) mass is 776 g/mol. The van der Waals surface area contributed by atoms with E-state index in [4.69, 9.17) is 28.8 Å². The van der Waals surface area contributed by atoms with Gasteiger partial charge in [0.1, 0.15) is 18.8 Å². The second-order valence-electron chi connectivity index (χ2n) is 14.3. The third-order valence-electron chi connectivity index (χ3n) is 9.67. The molecule has 0 bridgehead atoms. The number of hydrogen-bond acceptors (Lipinski definition) is 9. The summed E-state index contributed by atoms with van der Waals surface area (Å²) in [7, 11) is 0. The van der Waals surface area contributed by atoms with Gasteiger partial charge in [-0.25, -0.2) is 18.7 Å². The Morgan fingerprint density at radius 2 is 1.42 bits per heavy atom. The molecule has 0 aliphatic carbocycles. The SMILES string of the molecule is CCOC(=O)CCCc1ccc(Cc2c(C(C)C)nn(Cc3ccccc3)c2O[C@H]2C[C@@H](OC(=O)c3ccccc3)[C@H](F)[C@@H](COC(=O)c3ccccc3)O2)cc1. The highest BCUT2D eigenvalue weighted by Gasteiger charge is 2.44. The fourth-order valence-electron chi connectivity index (χ4n) is 6.75. The Kier molecular flexibility index (Phi) is 14.2. The lowest BCUT2D eigenvalue weighted by Crippen LogP contribution is -2.51. The van der Waals surface area contributed by atoms with E-state index in [0.29, 0.717) is 43.9 Å². The molecule has 2 heterocycles. The van der Waals surface area contributed by atoms with Crippen LogP contribution < -0.4 is 4.74 Å². The Labute approximate surface area is 332 Å². The standard InChI is InChI=1S/C46H49FN2O8/c1-4-53-40(50)22-14-17-32-23-25-33(26-24-32)27-37-43(31(2)3)48-49(29-34-15-8-5-9-16-34)44(37)57-41-28-38(56-46(52)36-20-12-7-13-21-36)42(47)39(55-41)30-54-45(51)35-18-10-6-11-19-35/h5-13,15-16,18-21,23-26,31,38-39,41-42H,4,14,17,22,27-30H2,1-3H3/t38-,39-,41+,42+/m1/s1. The predicted octanol–water partition coefficient (Wildman–Crippen LogP) is 8.45. The Bertz CT molecular complexity index is 2060. The van der Waals surface area contributed by atoms with Crippen LogP contribution in [0.5, 0.6) is 5.88 Å². The van der Waals surface area contributed by atoms with Crippen molar-refractivity contribution >= 4 is 17.9 Å². The number of benzene rings is 4. The molecular weight excluding hydrogens is 728 g/mol. The van der Waals surface area contributed by atoms with Gasteiger partial charge in [0.2, 0.25) is 12.2 Å². The van der Waals surface area contributed by atoms with Gasteiger partial charge in [0, 0.05) is 18.4 Å². The number of hydrogen-bond donors (Lipinski definition) is 0. The quantitative estimate of drug-likeness (QED) is 0.0678. The van der Waals surface area contributed by atoms with Gasteiger partial charge in [0.25, 0.3) is 0 Å². The molecule has 0 amide bonds. The molecule has 1 saturated heterocycles. The molecule has 5 aromatic rings. The van der Waals surface area contributed by atoms with Crippen molar-refractivity contribution in [1.29, 1.82) is 0 Å². The van der Waals surface area contributed by atoms with Crippen LogP contribution in [0, 0.1) is 0 Å². The fourth-order valence-corrected chi connectivity index (χ4v) is 6.75. The summed E-state index contributed by atoms with van der Waals surface area (Å²) < 4.78 is 47.4. The Balaban J connectivity index is 1.28. The van der Waals surface area contributed by atoms with Crippen molar-refractivity contribution in [3.8, 4) is 5.88 Å². The summed E-state index contributed by atoms with van der Waals surface area (Å²) in [5, 5.41) is 5.05. The van der Waals surface area contributed by atoms with E-state index >= 15 is 4.39 Å². The molecule has 6 rings (SSSR count). The van der Waals surface area contributed by atoms with Crippen molar-refractivity contribution in [2.24, 2.45) is 0 Å². The molecule has 1 aliphatic rings.